The summed E-state index contributed by atoms with van der Waals surface area (Å²) in [6.07, 6.45) is 3.29. The predicted molar refractivity (Wildman–Crippen MR) is 40.5 cm³/mol. The van der Waals surface area contributed by atoms with Gasteiger partial charge in [-0.3, -0.25) is 0 Å². The van der Waals surface area contributed by atoms with Crippen LogP contribution in [0.25, 0.3) is 0 Å². The molecule has 0 aromatic carbocycles. The van der Waals surface area contributed by atoms with Crippen molar-refractivity contribution in [2.75, 3.05) is 0 Å². The fourth-order valence-electron chi connectivity index (χ4n) is 0.217. The normalized spacial score (nSPS) is 10.9. The Labute approximate surface area is 57.7 Å². The molecule has 0 bridgehead atoms. The van der Waals surface area contributed by atoms with Crippen molar-refractivity contribution in [3.8, 4) is 0 Å². The lowest BCUT2D eigenvalue weighted by Gasteiger charge is -1.91. The highest BCUT2D eigenvalue weighted by molar-refractivity contribution is 9.11. The van der Waals surface area contributed by atoms with Crippen LogP contribution in [-0.4, -0.2) is 0 Å². The summed E-state index contributed by atoms with van der Waals surface area (Å²) in [7, 11) is 0. The average molecular weight is 174 g/mol. The summed E-state index contributed by atoms with van der Waals surface area (Å²) in [4.78, 5) is 0. The van der Waals surface area contributed by atoms with E-state index in [0.29, 0.717) is 10.2 Å². The standard InChI is InChI=1S/C6H8BrN/c1-3-4-6(8)5(2)7/h3-4H,1-2,8H2/b6-4+. The van der Waals surface area contributed by atoms with Gasteiger partial charge in [0.05, 0.1) is 0 Å². The van der Waals surface area contributed by atoms with E-state index in [9.17, 15) is 0 Å². The third-order valence-corrected chi connectivity index (χ3v) is 1.07. The lowest BCUT2D eigenvalue weighted by atomic mass is 10.4. The van der Waals surface area contributed by atoms with Crippen LogP contribution in [0.1, 0.15) is 0 Å². The number of hydrogen-bond donors (Lipinski definition) is 1. The molecule has 1 nitrogen and oxygen atoms in total. The zero-order valence-corrected chi connectivity index (χ0v) is 6.11. The van der Waals surface area contributed by atoms with Gasteiger partial charge in [-0.05, 0) is 22.0 Å². The van der Waals surface area contributed by atoms with Crippen molar-refractivity contribution in [3.63, 3.8) is 0 Å². The van der Waals surface area contributed by atoms with Gasteiger partial charge >= 0.3 is 0 Å². The molecule has 0 fully saturated rings. The van der Waals surface area contributed by atoms with Crippen molar-refractivity contribution in [3.05, 3.63) is 35.5 Å². The predicted octanol–water partition coefficient (Wildman–Crippen LogP) is 1.92. The van der Waals surface area contributed by atoms with E-state index in [2.05, 4.69) is 29.1 Å². The number of rotatable bonds is 2. The fourth-order valence-corrected chi connectivity index (χ4v) is 0.350. The molecule has 0 atom stereocenters. The van der Waals surface area contributed by atoms with Gasteiger partial charge in [-0.1, -0.05) is 19.2 Å². The smallest absolute Gasteiger partial charge is 0.0452 e. The summed E-state index contributed by atoms with van der Waals surface area (Å²) >= 11 is 3.11. The number of allylic oxidation sites excluding steroid dienone is 3. The van der Waals surface area contributed by atoms with E-state index in [0.717, 1.165) is 0 Å². The molecular weight excluding hydrogens is 166 g/mol. The van der Waals surface area contributed by atoms with E-state index < -0.39 is 0 Å². The molecule has 0 aromatic rings. The zero-order chi connectivity index (χ0) is 6.57. The first-order valence-electron chi connectivity index (χ1n) is 2.11. The van der Waals surface area contributed by atoms with Crippen LogP contribution < -0.4 is 5.73 Å². The molecule has 2 N–H and O–H groups in total. The number of hydrogen-bond acceptors (Lipinski definition) is 1. The molecule has 0 aliphatic rings. The lowest BCUT2D eigenvalue weighted by Crippen LogP contribution is -1.93. The summed E-state index contributed by atoms with van der Waals surface area (Å²) < 4.78 is 0.692. The second kappa shape index (κ2) is 3.50. The molecule has 0 spiro atoms. The van der Waals surface area contributed by atoms with Crippen molar-refractivity contribution in [2.45, 2.75) is 0 Å². The molecule has 0 heterocycles. The van der Waals surface area contributed by atoms with Crippen LogP contribution in [0.4, 0.5) is 0 Å². The first kappa shape index (κ1) is 7.50. The van der Waals surface area contributed by atoms with Gasteiger partial charge in [0.25, 0.3) is 0 Å². The van der Waals surface area contributed by atoms with Gasteiger partial charge in [0.15, 0.2) is 0 Å². The molecule has 0 amide bonds. The number of nitrogens with two attached hydrogens (primary N) is 1. The molecule has 44 valence electrons. The summed E-state index contributed by atoms with van der Waals surface area (Å²) in [6.45, 7) is 7.01. The minimum Gasteiger partial charge on any atom is -0.398 e. The molecule has 0 aromatic heterocycles. The van der Waals surface area contributed by atoms with Gasteiger partial charge in [0.2, 0.25) is 0 Å². The summed E-state index contributed by atoms with van der Waals surface area (Å²) in [6, 6.07) is 0. The van der Waals surface area contributed by atoms with Crippen LogP contribution in [0.3, 0.4) is 0 Å². The Morgan fingerprint density at radius 3 is 2.25 bits per heavy atom. The highest BCUT2D eigenvalue weighted by Gasteiger charge is 1.85. The second-order valence-electron chi connectivity index (χ2n) is 1.26. The monoisotopic (exact) mass is 173 g/mol. The van der Waals surface area contributed by atoms with Crippen LogP contribution in [0.5, 0.6) is 0 Å². The molecule has 0 saturated heterocycles. The molecule has 0 saturated carbocycles. The Hall–Kier alpha value is -0.500. The lowest BCUT2D eigenvalue weighted by molar-refractivity contribution is 1.42. The van der Waals surface area contributed by atoms with Gasteiger partial charge < -0.3 is 5.73 Å². The van der Waals surface area contributed by atoms with Crippen LogP contribution in [0.15, 0.2) is 35.5 Å². The summed E-state index contributed by atoms with van der Waals surface area (Å²) in [5.41, 5.74) is 5.98. The Kier molecular flexibility index (Phi) is 3.28. The maximum atomic E-state index is 5.37. The minimum absolute atomic E-state index is 0.611. The molecule has 0 unspecified atom stereocenters. The maximum Gasteiger partial charge on any atom is 0.0452 e. The van der Waals surface area contributed by atoms with Crippen molar-refractivity contribution in [1.29, 1.82) is 0 Å². The largest absolute Gasteiger partial charge is 0.398 e. The van der Waals surface area contributed by atoms with Crippen LogP contribution >= 0.6 is 15.9 Å². The second-order valence-corrected chi connectivity index (χ2v) is 2.22. The Balaban J connectivity index is 3.99. The van der Waals surface area contributed by atoms with E-state index in [1.165, 1.54) is 0 Å². The van der Waals surface area contributed by atoms with Gasteiger partial charge in [-0.25, -0.2) is 0 Å². The minimum atomic E-state index is 0.611. The van der Waals surface area contributed by atoms with Crippen molar-refractivity contribution in [1.82, 2.24) is 0 Å². The van der Waals surface area contributed by atoms with Crippen LogP contribution in [-0.2, 0) is 0 Å². The van der Waals surface area contributed by atoms with E-state index in [-0.39, 0.29) is 0 Å². The molecule has 0 aliphatic carbocycles. The van der Waals surface area contributed by atoms with Gasteiger partial charge in [-0.15, -0.1) is 0 Å². The van der Waals surface area contributed by atoms with Crippen LogP contribution in [0.2, 0.25) is 0 Å². The topological polar surface area (TPSA) is 26.0 Å². The third kappa shape index (κ3) is 2.64. The van der Waals surface area contributed by atoms with E-state index in [1.807, 2.05) is 0 Å². The van der Waals surface area contributed by atoms with Gasteiger partial charge in [0.1, 0.15) is 0 Å². The first-order valence-corrected chi connectivity index (χ1v) is 2.90. The summed E-state index contributed by atoms with van der Waals surface area (Å²) in [5, 5.41) is 0. The van der Waals surface area contributed by atoms with E-state index in [1.54, 1.807) is 12.2 Å². The molecule has 2 heteroatoms. The molecular formula is C6H8BrN. The average Bonchev–Trinajstić information content (AvgIpc) is 1.67. The van der Waals surface area contributed by atoms with Gasteiger partial charge in [0, 0.05) is 10.2 Å². The van der Waals surface area contributed by atoms with E-state index in [4.69, 9.17) is 5.73 Å². The quantitative estimate of drug-likeness (QED) is 0.636. The highest BCUT2D eigenvalue weighted by Crippen LogP contribution is 2.07. The Morgan fingerprint density at radius 2 is 2.12 bits per heavy atom. The summed E-state index contributed by atoms with van der Waals surface area (Å²) in [5.74, 6) is 0. The molecule has 0 rings (SSSR count). The van der Waals surface area contributed by atoms with Crippen LogP contribution in [0, 0.1) is 0 Å². The SMILES string of the molecule is C=C/C=C(/N)C(=C)Br. The molecule has 0 radical (unpaired) electrons. The maximum absolute atomic E-state index is 5.37. The fraction of sp³-hybridized carbons (Fsp3) is 0. The Bertz CT molecular complexity index is 135. The zero-order valence-electron chi connectivity index (χ0n) is 4.52. The molecule has 8 heavy (non-hydrogen) atoms. The molecule has 0 aliphatic heterocycles. The van der Waals surface area contributed by atoms with Crippen molar-refractivity contribution >= 4 is 15.9 Å². The van der Waals surface area contributed by atoms with E-state index >= 15 is 0 Å². The first-order chi connectivity index (χ1) is 3.68. The third-order valence-electron chi connectivity index (χ3n) is 0.611. The van der Waals surface area contributed by atoms with Gasteiger partial charge in [-0.2, -0.15) is 0 Å². The van der Waals surface area contributed by atoms with Crippen molar-refractivity contribution in [2.24, 2.45) is 5.73 Å². The Morgan fingerprint density at radius 1 is 1.62 bits per heavy atom. The number of halogens is 1. The highest BCUT2D eigenvalue weighted by atomic mass is 79.9. The van der Waals surface area contributed by atoms with Crippen molar-refractivity contribution < 1.29 is 0 Å².